The van der Waals surface area contributed by atoms with Gasteiger partial charge in [-0.25, -0.2) is 0 Å². The average molecular weight is 862 g/mol. The maximum atomic E-state index is 11.2. The van der Waals surface area contributed by atoms with Crippen LogP contribution in [0.4, 0.5) is 0 Å². The molecule has 1 aliphatic rings. The fraction of sp³-hybridized carbons (Fsp3) is 0.982. The van der Waals surface area contributed by atoms with E-state index in [0.29, 0.717) is 6.54 Å². The van der Waals surface area contributed by atoms with E-state index < -0.39 is 0 Å². The van der Waals surface area contributed by atoms with Crippen LogP contribution in [-0.2, 0) is 4.79 Å². The summed E-state index contributed by atoms with van der Waals surface area (Å²) in [6.45, 7) is 24.6. The first kappa shape index (κ1) is 60.5. The summed E-state index contributed by atoms with van der Waals surface area (Å²) in [5.41, 5.74) is 0. The molecule has 0 bridgehead atoms. The highest BCUT2D eigenvalue weighted by Gasteiger charge is 2.20. The molecule has 0 spiro atoms. The summed E-state index contributed by atoms with van der Waals surface area (Å²) >= 11 is 0. The largest absolute Gasteiger partial charge is 0.306 e. The van der Waals surface area contributed by atoms with E-state index in [0.717, 1.165) is 31.8 Å². The highest BCUT2D eigenvalue weighted by molar-refractivity contribution is 5.51. The minimum absolute atomic E-state index is 0.610. The first-order valence-corrected chi connectivity index (χ1v) is 28.3. The van der Waals surface area contributed by atoms with Crippen molar-refractivity contribution in [3.05, 3.63) is 0 Å². The third-order valence-electron chi connectivity index (χ3n) is 13.8. The standard InChI is InChI=1S/C31H64N2O.C25H52N2/c1-4-7-10-13-16-19-22-25-32(26-23-20-17-14-11-8-5-2)28-29-33(30-31-34)27-24-21-18-15-12-9-6-3;1-4-6-8-10-12-14-16-20-27(21-17-15-13-11-9-7-5-2)23-19-25-18-22-26(3)24-25/h31H,4-30H2,1-3H3;25H,4-24H2,1-3H3. The van der Waals surface area contributed by atoms with E-state index in [1.54, 1.807) is 0 Å². The molecule has 0 aliphatic carbocycles. The van der Waals surface area contributed by atoms with Crippen LogP contribution in [0, 0.1) is 5.92 Å². The molecule has 1 rings (SSSR count). The maximum absolute atomic E-state index is 11.2. The van der Waals surface area contributed by atoms with Crippen LogP contribution in [-0.4, -0.2) is 105 Å². The van der Waals surface area contributed by atoms with Gasteiger partial charge in [0.05, 0.1) is 6.54 Å². The molecule has 1 heterocycles. The number of carbonyl (C=O) groups excluding carboxylic acids is 1. The van der Waals surface area contributed by atoms with E-state index in [1.165, 1.54) is 283 Å². The quantitative estimate of drug-likeness (QED) is 0.0449. The lowest BCUT2D eigenvalue weighted by molar-refractivity contribution is -0.108. The molecule has 0 radical (unpaired) electrons. The smallest absolute Gasteiger partial charge is 0.133 e. The van der Waals surface area contributed by atoms with Gasteiger partial charge in [-0.15, -0.1) is 0 Å². The second-order valence-corrected chi connectivity index (χ2v) is 20.0. The lowest BCUT2D eigenvalue weighted by Crippen LogP contribution is -2.37. The van der Waals surface area contributed by atoms with Gasteiger partial charge in [0.2, 0.25) is 0 Å². The second-order valence-electron chi connectivity index (χ2n) is 20.0. The van der Waals surface area contributed by atoms with Gasteiger partial charge in [0.15, 0.2) is 0 Å². The van der Waals surface area contributed by atoms with E-state index in [2.05, 4.69) is 61.3 Å². The average Bonchev–Trinajstić information content (AvgIpc) is 3.69. The molecule has 0 aromatic heterocycles. The van der Waals surface area contributed by atoms with Crippen LogP contribution in [0.15, 0.2) is 0 Å². The molecule has 1 atom stereocenters. The molecule has 61 heavy (non-hydrogen) atoms. The van der Waals surface area contributed by atoms with Crippen LogP contribution in [0.3, 0.4) is 0 Å². The molecule has 1 fully saturated rings. The third-order valence-corrected chi connectivity index (χ3v) is 13.8. The van der Waals surface area contributed by atoms with Gasteiger partial charge < -0.3 is 19.5 Å². The van der Waals surface area contributed by atoms with Gasteiger partial charge >= 0.3 is 0 Å². The Labute approximate surface area is 386 Å². The van der Waals surface area contributed by atoms with Crippen molar-refractivity contribution in [3.8, 4) is 0 Å². The van der Waals surface area contributed by atoms with E-state index in [1.807, 2.05) is 0 Å². The van der Waals surface area contributed by atoms with E-state index in [4.69, 9.17) is 0 Å². The van der Waals surface area contributed by atoms with Crippen LogP contribution < -0.4 is 0 Å². The van der Waals surface area contributed by atoms with E-state index in [-0.39, 0.29) is 0 Å². The van der Waals surface area contributed by atoms with Crippen LogP contribution in [0.1, 0.15) is 272 Å². The van der Waals surface area contributed by atoms with Crippen LogP contribution in [0.25, 0.3) is 0 Å². The van der Waals surface area contributed by atoms with Gasteiger partial charge in [0.1, 0.15) is 6.29 Å². The Morgan fingerprint density at radius 1 is 0.377 bits per heavy atom. The zero-order valence-electron chi connectivity index (χ0n) is 43.3. The zero-order chi connectivity index (χ0) is 44.5. The van der Waals surface area contributed by atoms with Crippen LogP contribution in [0.2, 0.25) is 0 Å². The number of hydrogen-bond acceptors (Lipinski definition) is 5. The summed E-state index contributed by atoms with van der Waals surface area (Å²) < 4.78 is 0. The number of carbonyl (C=O) groups is 1. The van der Waals surface area contributed by atoms with Gasteiger partial charge in [0, 0.05) is 19.6 Å². The van der Waals surface area contributed by atoms with Gasteiger partial charge in [-0.1, -0.05) is 227 Å². The van der Waals surface area contributed by atoms with Gasteiger partial charge in [0.25, 0.3) is 0 Å². The summed E-state index contributed by atoms with van der Waals surface area (Å²) in [4.78, 5) is 21.7. The molecule has 1 saturated heterocycles. The normalized spacial score (nSPS) is 14.5. The highest BCUT2D eigenvalue weighted by atomic mass is 16.1. The number of aldehydes is 1. The molecule has 0 saturated carbocycles. The minimum Gasteiger partial charge on any atom is -0.306 e. The lowest BCUT2D eigenvalue weighted by Gasteiger charge is -2.27. The van der Waals surface area contributed by atoms with Gasteiger partial charge in [-0.2, -0.15) is 0 Å². The first-order valence-electron chi connectivity index (χ1n) is 28.3. The summed E-state index contributed by atoms with van der Waals surface area (Å²) in [6.07, 6.45) is 52.8. The van der Waals surface area contributed by atoms with Crippen molar-refractivity contribution < 1.29 is 4.79 Å². The SMILES string of the molecule is CCCCCCCCCN(CC=O)CCN(CCCCCCCCC)CCCCCCCCC.CCCCCCCCCN(CCCCCCCCC)CCC1CCN(C)C1. The zero-order valence-corrected chi connectivity index (χ0v) is 43.3. The van der Waals surface area contributed by atoms with E-state index >= 15 is 0 Å². The molecular weight excluding hydrogens is 745 g/mol. The summed E-state index contributed by atoms with van der Waals surface area (Å²) in [6, 6.07) is 0. The Hall–Kier alpha value is -0.490. The summed E-state index contributed by atoms with van der Waals surface area (Å²) in [5, 5.41) is 0. The predicted molar refractivity (Wildman–Crippen MR) is 276 cm³/mol. The van der Waals surface area contributed by atoms with Crippen molar-refractivity contribution in [1.82, 2.24) is 19.6 Å². The van der Waals surface area contributed by atoms with Crippen molar-refractivity contribution in [1.29, 1.82) is 0 Å². The number of likely N-dealkylation sites (tertiary alicyclic amines) is 1. The fourth-order valence-corrected chi connectivity index (χ4v) is 9.44. The molecule has 1 unspecified atom stereocenters. The van der Waals surface area contributed by atoms with Gasteiger partial charge in [-0.3, -0.25) is 4.90 Å². The number of unbranched alkanes of at least 4 members (excludes halogenated alkanes) is 30. The first-order chi connectivity index (χ1) is 30.0. The summed E-state index contributed by atoms with van der Waals surface area (Å²) in [5.74, 6) is 0.959. The Balaban J connectivity index is 0.00000121. The van der Waals surface area contributed by atoms with Gasteiger partial charge in [-0.05, 0) is 104 Å². The maximum Gasteiger partial charge on any atom is 0.133 e. The topological polar surface area (TPSA) is 30.0 Å². The number of rotatable bonds is 48. The van der Waals surface area contributed by atoms with E-state index in [9.17, 15) is 4.79 Å². The molecular formula is C56H116N4O. The Bertz CT molecular complexity index is 788. The Kier molecular flexibility index (Phi) is 50.1. The highest BCUT2D eigenvalue weighted by Crippen LogP contribution is 2.19. The molecule has 0 aromatic carbocycles. The van der Waals surface area contributed by atoms with Crippen LogP contribution >= 0.6 is 0 Å². The Morgan fingerprint density at radius 2 is 0.656 bits per heavy atom. The monoisotopic (exact) mass is 861 g/mol. The fourth-order valence-electron chi connectivity index (χ4n) is 9.44. The second kappa shape index (κ2) is 50.5. The Morgan fingerprint density at radius 3 is 0.951 bits per heavy atom. The summed E-state index contributed by atoms with van der Waals surface area (Å²) in [7, 11) is 2.29. The predicted octanol–water partition coefficient (Wildman–Crippen LogP) is 16.2. The minimum atomic E-state index is 0.610. The lowest BCUT2D eigenvalue weighted by atomic mass is 10.0. The molecule has 0 N–H and O–H groups in total. The molecule has 5 heteroatoms. The molecule has 366 valence electrons. The van der Waals surface area contributed by atoms with Crippen molar-refractivity contribution in [3.63, 3.8) is 0 Å². The van der Waals surface area contributed by atoms with Crippen molar-refractivity contribution in [2.24, 2.45) is 5.92 Å². The molecule has 0 amide bonds. The molecule has 0 aromatic rings. The molecule has 1 aliphatic heterocycles. The van der Waals surface area contributed by atoms with Crippen molar-refractivity contribution in [2.75, 3.05) is 79.0 Å². The van der Waals surface area contributed by atoms with Crippen molar-refractivity contribution in [2.45, 2.75) is 272 Å². The van der Waals surface area contributed by atoms with Crippen LogP contribution in [0.5, 0.6) is 0 Å². The third kappa shape index (κ3) is 44.5. The molecule has 5 nitrogen and oxygen atoms in total. The number of nitrogens with zero attached hydrogens (tertiary/aromatic N) is 4. The number of hydrogen-bond donors (Lipinski definition) is 0. The van der Waals surface area contributed by atoms with Crippen molar-refractivity contribution >= 4 is 6.29 Å².